The summed E-state index contributed by atoms with van der Waals surface area (Å²) in [5.74, 6) is -0.101. The molecule has 1 N–H and O–H groups in total. The Balaban J connectivity index is 1.78. The molecule has 0 radical (unpaired) electrons. The standard InChI is InChI=1S/C16H11ClN4OS/c1-18-15(22)10-4-2-9(3-5-10)11-8-21-12-7-19-14(17)6-13(12)23-16(21)20-11/h2-8H,1H3,(H,18,22). The predicted octanol–water partition coefficient (Wildman–Crippen LogP) is 3.62. The van der Waals surface area contributed by atoms with E-state index in [4.69, 9.17) is 11.6 Å². The largest absolute Gasteiger partial charge is 0.355 e. The molecule has 0 aliphatic heterocycles. The van der Waals surface area contributed by atoms with Crippen molar-refractivity contribution >= 4 is 44.0 Å². The number of pyridine rings is 1. The van der Waals surface area contributed by atoms with Gasteiger partial charge in [0.25, 0.3) is 5.91 Å². The maximum Gasteiger partial charge on any atom is 0.251 e. The molecule has 0 fully saturated rings. The predicted molar refractivity (Wildman–Crippen MR) is 92.2 cm³/mol. The molecule has 3 heterocycles. The second kappa shape index (κ2) is 5.33. The van der Waals surface area contributed by atoms with Crippen molar-refractivity contribution in [1.29, 1.82) is 0 Å². The summed E-state index contributed by atoms with van der Waals surface area (Å²) in [5.41, 5.74) is 3.43. The van der Waals surface area contributed by atoms with E-state index >= 15 is 0 Å². The third-order valence-electron chi connectivity index (χ3n) is 3.62. The van der Waals surface area contributed by atoms with Crippen LogP contribution in [0.2, 0.25) is 5.15 Å². The molecular weight excluding hydrogens is 332 g/mol. The van der Waals surface area contributed by atoms with Gasteiger partial charge in [-0.3, -0.25) is 9.20 Å². The molecule has 0 atom stereocenters. The molecule has 0 saturated carbocycles. The molecule has 7 heteroatoms. The first kappa shape index (κ1) is 14.2. The Morgan fingerprint density at radius 3 is 2.83 bits per heavy atom. The van der Waals surface area contributed by atoms with Crippen molar-refractivity contribution in [2.45, 2.75) is 0 Å². The van der Waals surface area contributed by atoms with E-state index in [0.29, 0.717) is 10.7 Å². The van der Waals surface area contributed by atoms with Crippen LogP contribution >= 0.6 is 22.9 Å². The summed E-state index contributed by atoms with van der Waals surface area (Å²) in [5, 5.41) is 3.09. The molecular formula is C16H11ClN4OS. The normalized spacial score (nSPS) is 11.2. The molecule has 4 aromatic rings. The number of hydrogen-bond acceptors (Lipinski definition) is 4. The number of benzene rings is 1. The van der Waals surface area contributed by atoms with Crippen molar-refractivity contribution in [1.82, 2.24) is 19.7 Å². The minimum atomic E-state index is -0.101. The minimum absolute atomic E-state index is 0.101. The zero-order valence-electron chi connectivity index (χ0n) is 12.1. The summed E-state index contributed by atoms with van der Waals surface area (Å²) in [6.45, 7) is 0. The van der Waals surface area contributed by atoms with Crippen molar-refractivity contribution in [3.63, 3.8) is 0 Å². The highest BCUT2D eigenvalue weighted by atomic mass is 35.5. The number of rotatable bonds is 2. The number of nitrogens with one attached hydrogen (secondary N) is 1. The zero-order chi connectivity index (χ0) is 16.0. The van der Waals surface area contributed by atoms with Crippen molar-refractivity contribution in [3.8, 4) is 11.3 Å². The number of halogens is 1. The molecule has 3 aromatic heterocycles. The van der Waals surface area contributed by atoms with Gasteiger partial charge in [-0.15, -0.1) is 0 Å². The van der Waals surface area contributed by atoms with Gasteiger partial charge in [0.05, 0.1) is 22.1 Å². The molecule has 0 aliphatic carbocycles. The zero-order valence-corrected chi connectivity index (χ0v) is 13.6. The van der Waals surface area contributed by atoms with E-state index in [2.05, 4.69) is 15.3 Å². The Bertz CT molecular complexity index is 1040. The molecule has 1 amide bonds. The lowest BCUT2D eigenvalue weighted by Gasteiger charge is -2.01. The fourth-order valence-corrected chi connectivity index (χ4v) is 3.69. The first-order valence-corrected chi connectivity index (χ1v) is 8.11. The second-order valence-electron chi connectivity index (χ2n) is 5.01. The van der Waals surface area contributed by atoms with Gasteiger partial charge in [-0.2, -0.15) is 0 Å². The van der Waals surface area contributed by atoms with E-state index in [-0.39, 0.29) is 5.91 Å². The molecule has 23 heavy (non-hydrogen) atoms. The van der Waals surface area contributed by atoms with E-state index in [1.165, 1.54) is 0 Å². The SMILES string of the molecule is CNC(=O)c1ccc(-c2cn3c(n2)sc2cc(Cl)ncc23)cc1. The van der Waals surface area contributed by atoms with Crippen LogP contribution in [0.15, 0.2) is 42.7 Å². The van der Waals surface area contributed by atoms with E-state index in [1.54, 1.807) is 36.7 Å². The molecule has 5 nitrogen and oxygen atoms in total. The number of carbonyl (C=O) groups is 1. The summed E-state index contributed by atoms with van der Waals surface area (Å²) >= 11 is 7.49. The molecule has 4 rings (SSSR count). The molecule has 114 valence electrons. The van der Waals surface area contributed by atoms with Gasteiger partial charge in [0.1, 0.15) is 5.15 Å². The van der Waals surface area contributed by atoms with Crippen molar-refractivity contribution in [2.75, 3.05) is 7.05 Å². The van der Waals surface area contributed by atoms with Crippen LogP contribution in [0, 0.1) is 0 Å². The lowest BCUT2D eigenvalue weighted by atomic mass is 10.1. The Labute approximate surface area is 140 Å². The van der Waals surface area contributed by atoms with Gasteiger partial charge in [-0.25, -0.2) is 9.97 Å². The first-order chi connectivity index (χ1) is 11.2. The monoisotopic (exact) mass is 342 g/mol. The average molecular weight is 343 g/mol. The maximum absolute atomic E-state index is 11.6. The van der Waals surface area contributed by atoms with E-state index < -0.39 is 0 Å². The second-order valence-corrected chi connectivity index (χ2v) is 6.41. The van der Waals surface area contributed by atoms with Gasteiger partial charge < -0.3 is 5.32 Å². The molecule has 1 aromatic carbocycles. The summed E-state index contributed by atoms with van der Waals surface area (Å²) < 4.78 is 3.06. The third-order valence-corrected chi connectivity index (χ3v) is 4.84. The molecule has 0 bridgehead atoms. The average Bonchev–Trinajstić information content (AvgIpc) is 3.11. The van der Waals surface area contributed by atoms with Crippen LogP contribution in [0.25, 0.3) is 26.4 Å². The van der Waals surface area contributed by atoms with E-state index in [9.17, 15) is 4.79 Å². The van der Waals surface area contributed by atoms with Gasteiger partial charge in [0.15, 0.2) is 4.96 Å². The number of imidazole rings is 1. The maximum atomic E-state index is 11.6. The minimum Gasteiger partial charge on any atom is -0.355 e. The highest BCUT2D eigenvalue weighted by Crippen LogP contribution is 2.30. The highest BCUT2D eigenvalue weighted by molar-refractivity contribution is 7.23. The Morgan fingerprint density at radius 1 is 1.30 bits per heavy atom. The van der Waals surface area contributed by atoms with Crippen molar-refractivity contribution < 1.29 is 4.79 Å². The van der Waals surface area contributed by atoms with E-state index in [1.807, 2.05) is 28.8 Å². The fourth-order valence-electron chi connectivity index (χ4n) is 2.45. The van der Waals surface area contributed by atoms with Crippen molar-refractivity contribution in [3.05, 3.63) is 53.4 Å². The number of hydrogen-bond donors (Lipinski definition) is 1. The van der Waals surface area contributed by atoms with Gasteiger partial charge in [0.2, 0.25) is 0 Å². The van der Waals surface area contributed by atoms with Crippen LogP contribution in [0.5, 0.6) is 0 Å². The van der Waals surface area contributed by atoms with Crippen LogP contribution in [-0.2, 0) is 0 Å². The fraction of sp³-hybridized carbons (Fsp3) is 0.0625. The van der Waals surface area contributed by atoms with Crippen LogP contribution in [-0.4, -0.2) is 27.3 Å². The van der Waals surface area contributed by atoms with Gasteiger partial charge in [0, 0.05) is 24.4 Å². The summed E-state index contributed by atoms with van der Waals surface area (Å²) in [4.78, 5) is 21.3. The highest BCUT2D eigenvalue weighted by Gasteiger charge is 2.11. The first-order valence-electron chi connectivity index (χ1n) is 6.91. The topological polar surface area (TPSA) is 59.3 Å². The number of thiazole rings is 1. The van der Waals surface area contributed by atoms with E-state index in [0.717, 1.165) is 26.4 Å². The molecule has 0 saturated heterocycles. The van der Waals surface area contributed by atoms with Crippen LogP contribution in [0.1, 0.15) is 10.4 Å². The van der Waals surface area contributed by atoms with Crippen LogP contribution < -0.4 is 5.32 Å². The summed E-state index contributed by atoms with van der Waals surface area (Å²) in [6.07, 6.45) is 3.72. The van der Waals surface area contributed by atoms with Gasteiger partial charge in [-0.1, -0.05) is 35.1 Å². The molecule has 0 aliphatic rings. The Morgan fingerprint density at radius 2 is 2.09 bits per heavy atom. The van der Waals surface area contributed by atoms with Crippen LogP contribution in [0.3, 0.4) is 0 Å². The molecule has 0 spiro atoms. The number of amides is 1. The van der Waals surface area contributed by atoms with Crippen molar-refractivity contribution in [2.24, 2.45) is 0 Å². The summed E-state index contributed by atoms with van der Waals surface area (Å²) in [7, 11) is 1.62. The lowest BCUT2D eigenvalue weighted by Crippen LogP contribution is -2.17. The number of aromatic nitrogens is 3. The number of nitrogens with zero attached hydrogens (tertiary/aromatic N) is 3. The van der Waals surface area contributed by atoms with Gasteiger partial charge >= 0.3 is 0 Å². The molecule has 0 unspecified atom stereocenters. The summed E-state index contributed by atoms with van der Waals surface area (Å²) in [6, 6.07) is 9.22. The Hall–Kier alpha value is -2.44. The smallest absolute Gasteiger partial charge is 0.251 e. The number of fused-ring (bicyclic) bond motifs is 3. The third kappa shape index (κ3) is 2.36. The Kier molecular flexibility index (Phi) is 3.28. The van der Waals surface area contributed by atoms with Gasteiger partial charge in [-0.05, 0) is 18.2 Å². The van der Waals surface area contributed by atoms with Crippen LogP contribution in [0.4, 0.5) is 0 Å². The quantitative estimate of drug-likeness (QED) is 0.566. The lowest BCUT2D eigenvalue weighted by molar-refractivity contribution is 0.0963. The number of carbonyl (C=O) groups excluding carboxylic acids is 1.